The molecule has 0 aliphatic heterocycles. The van der Waals surface area contributed by atoms with Gasteiger partial charge in [0.05, 0.1) is 0 Å². The van der Waals surface area contributed by atoms with Gasteiger partial charge in [0.2, 0.25) is 0 Å². The molecule has 0 spiro atoms. The molecule has 0 fully saturated rings. The normalized spacial score (nSPS) is 10.8. The third kappa shape index (κ3) is 5.33. The van der Waals surface area contributed by atoms with Crippen molar-refractivity contribution in [1.29, 1.82) is 0 Å². The van der Waals surface area contributed by atoms with E-state index in [2.05, 4.69) is 42.3 Å². The van der Waals surface area contributed by atoms with Crippen LogP contribution < -0.4 is 10.2 Å². The molecule has 0 aliphatic carbocycles. The third-order valence-electron chi connectivity index (χ3n) is 4.49. The van der Waals surface area contributed by atoms with E-state index in [9.17, 15) is 4.79 Å². The van der Waals surface area contributed by atoms with Crippen LogP contribution in [0.25, 0.3) is 0 Å². The Balaban J connectivity index is 2.02. The first kappa shape index (κ1) is 19.0. The Bertz CT molecular complexity index is 676. The second kappa shape index (κ2) is 9.23. The fourth-order valence-corrected chi connectivity index (χ4v) is 2.76. The summed E-state index contributed by atoms with van der Waals surface area (Å²) in [4.78, 5) is 16.8. The Morgan fingerprint density at radius 2 is 1.52 bits per heavy atom. The maximum atomic E-state index is 12.4. The molecule has 1 amide bonds. The summed E-state index contributed by atoms with van der Waals surface area (Å²) in [5.74, 6) is -0.0389. The molecule has 25 heavy (non-hydrogen) atoms. The van der Waals surface area contributed by atoms with Crippen molar-refractivity contribution >= 4 is 11.6 Å². The average Bonchev–Trinajstić information content (AvgIpc) is 2.65. The summed E-state index contributed by atoms with van der Waals surface area (Å²) in [6.07, 6.45) is 0. The molecule has 0 saturated carbocycles. The van der Waals surface area contributed by atoms with Crippen molar-refractivity contribution in [2.24, 2.45) is 0 Å². The first-order valence-electron chi connectivity index (χ1n) is 8.89. The summed E-state index contributed by atoms with van der Waals surface area (Å²) in [6, 6.07) is 16.0. The minimum Gasteiger partial charge on any atom is -0.378 e. The van der Waals surface area contributed by atoms with Gasteiger partial charge in [0.15, 0.2) is 0 Å². The second-order valence-electron chi connectivity index (χ2n) is 6.35. The van der Waals surface area contributed by atoms with Gasteiger partial charge < -0.3 is 10.2 Å². The molecule has 0 unspecified atom stereocenters. The third-order valence-corrected chi connectivity index (χ3v) is 4.49. The number of benzene rings is 2. The van der Waals surface area contributed by atoms with E-state index in [1.54, 1.807) is 0 Å². The van der Waals surface area contributed by atoms with Gasteiger partial charge in [-0.25, -0.2) is 0 Å². The van der Waals surface area contributed by atoms with E-state index in [4.69, 9.17) is 0 Å². The van der Waals surface area contributed by atoms with E-state index in [1.807, 2.05) is 49.3 Å². The Morgan fingerprint density at radius 3 is 2.08 bits per heavy atom. The van der Waals surface area contributed by atoms with Crippen LogP contribution in [0.3, 0.4) is 0 Å². The molecule has 2 aromatic carbocycles. The van der Waals surface area contributed by atoms with Crippen molar-refractivity contribution < 1.29 is 4.79 Å². The highest BCUT2D eigenvalue weighted by atomic mass is 16.1. The molecule has 2 aromatic rings. The molecular weight excluding hydrogens is 310 g/mol. The van der Waals surface area contributed by atoms with Crippen molar-refractivity contribution in [1.82, 2.24) is 10.2 Å². The smallest absolute Gasteiger partial charge is 0.251 e. The number of hydrogen-bond acceptors (Lipinski definition) is 3. The van der Waals surface area contributed by atoms with Crippen molar-refractivity contribution in [3.63, 3.8) is 0 Å². The minimum atomic E-state index is -0.0389. The number of hydrogen-bond donors (Lipinski definition) is 1. The van der Waals surface area contributed by atoms with Crippen LogP contribution >= 0.6 is 0 Å². The van der Waals surface area contributed by atoms with E-state index < -0.39 is 0 Å². The average molecular weight is 339 g/mol. The highest BCUT2D eigenvalue weighted by Gasteiger charge is 2.09. The van der Waals surface area contributed by atoms with E-state index >= 15 is 0 Å². The molecule has 0 radical (unpaired) electrons. The Morgan fingerprint density at radius 1 is 0.920 bits per heavy atom. The van der Waals surface area contributed by atoms with E-state index in [0.29, 0.717) is 12.1 Å². The molecule has 0 saturated heterocycles. The highest BCUT2D eigenvalue weighted by molar-refractivity contribution is 5.94. The molecule has 0 bridgehead atoms. The Hall–Kier alpha value is -2.33. The fraction of sp³-hybridized carbons (Fsp3) is 0.381. The topological polar surface area (TPSA) is 35.6 Å². The van der Waals surface area contributed by atoms with Crippen LogP contribution in [0.1, 0.15) is 35.3 Å². The van der Waals surface area contributed by atoms with Gasteiger partial charge >= 0.3 is 0 Å². The van der Waals surface area contributed by atoms with Gasteiger partial charge in [-0.05, 0) is 48.5 Å². The molecule has 1 N–H and O–H groups in total. The minimum absolute atomic E-state index is 0.0389. The standard InChI is InChI=1S/C21H29N3O/c1-5-24(6-2)16-19-10-8-7-9-18(19)15-22-21(25)17-11-13-20(14-12-17)23(3)4/h7-14H,5-6,15-16H2,1-4H3,(H,22,25). The van der Waals surface area contributed by atoms with Crippen molar-refractivity contribution in [2.45, 2.75) is 26.9 Å². The monoisotopic (exact) mass is 339 g/mol. The van der Waals surface area contributed by atoms with Crippen molar-refractivity contribution in [3.8, 4) is 0 Å². The number of nitrogens with one attached hydrogen (secondary N) is 1. The fourth-order valence-electron chi connectivity index (χ4n) is 2.76. The van der Waals surface area contributed by atoms with Gasteiger partial charge in [-0.1, -0.05) is 38.1 Å². The number of carbonyl (C=O) groups is 1. The van der Waals surface area contributed by atoms with E-state index in [0.717, 1.165) is 25.3 Å². The van der Waals surface area contributed by atoms with Gasteiger partial charge in [-0.3, -0.25) is 9.69 Å². The first-order chi connectivity index (χ1) is 12.0. The second-order valence-corrected chi connectivity index (χ2v) is 6.35. The summed E-state index contributed by atoms with van der Waals surface area (Å²) in [6.45, 7) is 7.85. The van der Waals surface area contributed by atoms with Gasteiger partial charge in [0.1, 0.15) is 0 Å². The molecule has 2 rings (SSSR count). The lowest BCUT2D eigenvalue weighted by Gasteiger charge is -2.20. The quantitative estimate of drug-likeness (QED) is 0.799. The van der Waals surface area contributed by atoms with Gasteiger partial charge in [-0.2, -0.15) is 0 Å². The van der Waals surface area contributed by atoms with Gasteiger partial charge in [0.25, 0.3) is 5.91 Å². The molecule has 0 atom stereocenters. The molecular formula is C21H29N3O. The maximum Gasteiger partial charge on any atom is 0.251 e. The van der Waals surface area contributed by atoms with Crippen LogP contribution in [0, 0.1) is 0 Å². The van der Waals surface area contributed by atoms with Gasteiger partial charge in [-0.15, -0.1) is 0 Å². The van der Waals surface area contributed by atoms with E-state index in [-0.39, 0.29) is 5.91 Å². The summed E-state index contributed by atoms with van der Waals surface area (Å²) < 4.78 is 0. The lowest BCUT2D eigenvalue weighted by Crippen LogP contribution is -2.26. The van der Waals surface area contributed by atoms with Crippen LogP contribution in [0.5, 0.6) is 0 Å². The van der Waals surface area contributed by atoms with Crippen molar-refractivity contribution in [2.75, 3.05) is 32.1 Å². The van der Waals surface area contributed by atoms with Crippen LogP contribution in [0.4, 0.5) is 5.69 Å². The molecule has 0 aliphatic rings. The van der Waals surface area contributed by atoms with Gasteiger partial charge in [0, 0.05) is 38.4 Å². The van der Waals surface area contributed by atoms with E-state index in [1.165, 1.54) is 11.1 Å². The van der Waals surface area contributed by atoms with Crippen molar-refractivity contribution in [3.05, 3.63) is 65.2 Å². The molecule has 134 valence electrons. The highest BCUT2D eigenvalue weighted by Crippen LogP contribution is 2.14. The summed E-state index contributed by atoms with van der Waals surface area (Å²) >= 11 is 0. The maximum absolute atomic E-state index is 12.4. The lowest BCUT2D eigenvalue weighted by molar-refractivity contribution is 0.0950. The summed E-state index contributed by atoms with van der Waals surface area (Å²) in [5, 5.41) is 3.04. The SMILES string of the molecule is CCN(CC)Cc1ccccc1CNC(=O)c1ccc(N(C)C)cc1. The zero-order valence-electron chi connectivity index (χ0n) is 15.7. The summed E-state index contributed by atoms with van der Waals surface area (Å²) in [5.41, 5.74) is 4.22. The number of rotatable bonds is 8. The molecule has 0 heterocycles. The molecule has 4 nitrogen and oxygen atoms in total. The predicted octanol–water partition coefficient (Wildman–Crippen LogP) is 3.52. The van der Waals surface area contributed by atoms with Crippen LogP contribution in [0.2, 0.25) is 0 Å². The Labute approximate surface area is 151 Å². The predicted molar refractivity (Wildman–Crippen MR) is 105 cm³/mol. The van der Waals surface area contributed by atoms with Crippen LogP contribution in [-0.2, 0) is 13.1 Å². The molecule has 4 heteroatoms. The number of nitrogens with zero attached hydrogens (tertiary/aromatic N) is 2. The zero-order valence-corrected chi connectivity index (χ0v) is 15.7. The van der Waals surface area contributed by atoms with Crippen LogP contribution in [0.15, 0.2) is 48.5 Å². The Kier molecular flexibility index (Phi) is 7.02. The first-order valence-corrected chi connectivity index (χ1v) is 8.89. The molecule has 0 aromatic heterocycles. The largest absolute Gasteiger partial charge is 0.378 e. The zero-order chi connectivity index (χ0) is 18.2. The lowest BCUT2D eigenvalue weighted by atomic mass is 10.1. The summed E-state index contributed by atoms with van der Waals surface area (Å²) in [7, 11) is 3.98. The number of amides is 1. The number of anilines is 1. The van der Waals surface area contributed by atoms with Crippen LogP contribution in [-0.4, -0.2) is 38.0 Å². The number of carbonyl (C=O) groups excluding carboxylic acids is 1.